The number of nitrogens with one attached hydrogen (secondary N) is 2. The van der Waals surface area contributed by atoms with Crippen LogP contribution in [0.5, 0.6) is 5.75 Å². The molecule has 1 heterocycles. The Hall–Kier alpha value is -1.79. The van der Waals surface area contributed by atoms with Gasteiger partial charge in [-0.2, -0.15) is 0 Å². The lowest BCUT2D eigenvalue weighted by molar-refractivity contribution is 0.145. The predicted molar refractivity (Wildman–Crippen MR) is 107 cm³/mol. The fraction of sp³-hybridized carbons (Fsp3) is 0.650. The lowest BCUT2D eigenvalue weighted by atomic mass is 9.97. The van der Waals surface area contributed by atoms with Gasteiger partial charge in [-0.1, -0.05) is 12.1 Å². The maximum atomic E-state index is 5.86. The third-order valence-corrected chi connectivity index (χ3v) is 4.83. The Bertz CT molecular complexity index is 569. The Morgan fingerprint density at radius 2 is 2.00 bits per heavy atom. The van der Waals surface area contributed by atoms with Gasteiger partial charge in [-0.3, -0.25) is 4.99 Å². The summed E-state index contributed by atoms with van der Waals surface area (Å²) in [6, 6.07) is 6.28. The van der Waals surface area contributed by atoms with Crippen molar-refractivity contribution in [3.63, 3.8) is 0 Å². The molecular weight excluding hydrogens is 328 g/mol. The minimum absolute atomic E-state index is 0.552. The molecule has 0 saturated carbocycles. The van der Waals surface area contributed by atoms with Crippen LogP contribution in [0, 0.1) is 12.8 Å². The quantitative estimate of drug-likeness (QED) is 0.421. The molecule has 1 fully saturated rings. The smallest absolute Gasteiger partial charge is 0.191 e. The fourth-order valence-electron chi connectivity index (χ4n) is 3.08. The molecule has 0 amide bonds. The molecule has 0 aliphatic carbocycles. The van der Waals surface area contributed by atoms with E-state index in [0.29, 0.717) is 19.8 Å². The van der Waals surface area contributed by atoms with Crippen molar-refractivity contribution in [1.82, 2.24) is 15.5 Å². The van der Waals surface area contributed by atoms with Gasteiger partial charge >= 0.3 is 0 Å². The van der Waals surface area contributed by atoms with E-state index in [0.717, 1.165) is 29.7 Å². The van der Waals surface area contributed by atoms with Gasteiger partial charge in [-0.05, 0) is 57.5 Å². The lowest BCUT2D eigenvalue weighted by Gasteiger charge is -2.29. The lowest BCUT2D eigenvalue weighted by Crippen LogP contribution is -2.42. The van der Waals surface area contributed by atoms with Crippen LogP contribution in [0.2, 0.25) is 0 Å². The van der Waals surface area contributed by atoms with Crippen molar-refractivity contribution >= 4 is 5.96 Å². The Kier molecular flexibility index (Phi) is 8.71. The van der Waals surface area contributed by atoms with E-state index in [4.69, 9.17) is 9.47 Å². The summed E-state index contributed by atoms with van der Waals surface area (Å²) in [6.07, 6.45) is 2.49. The predicted octanol–water partition coefficient (Wildman–Crippen LogP) is 2.03. The number of likely N-dealkylation sites (tertiary alicyclic amines) is 1. The third kappa shape index (κ3) is 6.84. The molecule has 26 heavy (non-hydrogen) atoms. The number of aryl methyl sites for hydroxylation is 1. The second-order valence-electron chi connectivity index (χ2n) is 7.01. The minimum Gasteiger partial charge on any atom is -0.491 e. The number of benzene rings is 1. The highest BCUT2D eigenvalue weighted by Crippen LogP contribution is 2.20. The normalized spacial score (nSPS) is 16.5. The van der Waals surface area contributed by atoms with E-state index in [-0.39, 0.29) is 0 Å². The van der Waals surface area contributed by atoms with Crippen LogP contribution in [0.25, 0.3) is 0 Å². The highest BCUT2D eigenvalue weighted by Gasteiger charge is 2.16. The zero-order valence-electron chi connectivity index (χ0n) is 16.7. The van der Waals surface area contributed by atoms with Crippen molar-refractivity contribution in [2.24, 2.45) is 10.9 Å². The first-order valence-electron chi connectivity index (χ1n) is 9.46. The molecule has 1 aliphatic heterocycles. The van der Waals surface area contributed by atoms with E-state index in [2.05, 4.69) is 52.7 Å². The zero-order chi connectivity index (χ0) is 18.8. The summed E-state index contributed by atoms with van der Waals surface area (Å²) in [6.45, 7) is 7.22. The molecule has 0 radical (unpaired) electrons. The number of hydrogen-bond acceptors (Lipinski definition) is 4. The molecular formula is C20H34N4O2. The Labute approximate surface area is 158 Å². The van der Waals surface area contributed by atoms with Gasteiger partial charge in [0.15, 0.2) is 5.96 Å². The molecule has 6 nitrogen and oxygen atoms in total. The van der Waals surface area contributed by atoms with E-state index in [1.807, 2.05) is 7.05 Å². The van der Waals surface area contributed by atoms with Crippen LogP contribution >= 0.6 is 0 Å². The number of nitrogens with zero attached hydrogens (tertiary/aromatic N) is 2. The van der Waals surface area contributed by atoms with Crippen molar-refractivity contribution in [3.05, 3.63) is 29.3 Å². The van der Waals surface area contributed by atoms with Gasteiger partial charge < -0.3 is 25.0 Å². The van der Waals surface area contributed by atoms with E-state index in [1.165, 1.54) is 31.5 Å². The van der Waals surface area contributed by atoms with Gasteiger partial charge in [0.05, 0.1) is 6.61 Å². The van der Waals surface area contributed by atoms with Gasteiger partial charge in [0.2, 0.25) is 0 Å². The van der Waals surface area contributed by atoms with Crippen molar-refractivity contribution in [3.8, 4) is 5.75 Å². The molecule has 6 heteroatoms. The Morgan fingerprint density at radius 1 is 1.23 bits per heavy atom. The van der Waals surface area contributed by atoms with E-state index in [9.17, 15) is 0 Å². The zero-order valence-corrected chi connectivity index (χ0v) is 16.7. The average Bonchev–Trinajstić information content (AvgIpc) is 2.65. The molecule has 0 spiro atoms. The summed E-state index contributed by atoms with van der Waals surface area (Å²) in [5, 5.41) is 6.87. The molecule has 0 unspecified atom stereocenters. The number of piperidine rings is 1. The van der Waals surface area contributed by atoms with Crippen LogP contribution in [0.1, 0.15) is 24.0 Å². The second-order valence-corrected chi connectivity index (χ2v) is 7.01. The van der Waals surface area contributed by atoms with Crippen LogP contribution < -0.4 is 15.4 Å². The van der Waals surface area contributed by atoms with Gasteiger partial charge in [0, 0.05) is 32.8 Å². The summed E-state index contributed by atoms with van der Waals surface area (Å²) in [7, 11) is 5.69. The number of rotatable bonds is 8. The van der Waals surface area contributed by atoms with Crippen LogP contribution in [0.4, 0.5) is 0 Å². The maximum Gasteiger partial charge on any atom is 0.191 e. The molecule has 1 aromatic carbocycles. The minimum atomic E-state index is 0.552. The summed E-state index contributed by atoms with van der Waals surface area (Å²) < 4.78 is 10.9. The number of methoxy groups -OCH3 is 1. The number of ether oxygens (including phenoxy) is 2. The standard InChI is InChI=1S/C20H34N4O2/c1-16-5-6-18(19(13-16)26-12-11-25-4)15-23-20(21-2)22-14-17-7-9-24(3)10-8-17/h5-6,13,17H,7-12,14-15H2,1-4H3,(H2,21,22,23). The van der Waals surface area contributed by atoms with Crippen LogP contribution in [-0.4, -0.2) is 64.9 Å². The highest BCUT2D eigenvalue weighted by molar-refractivity contribution is 5.79. The number of hydrogen-bond donors (Lipinski definition) is 2. The van der Waals surface area contributed by atoms with E-state index < -0.39 is 0 Å². The van der Waals surface area contributed by atoms with E-state index >= 15 is 0 Å². The number of guanidine groups is 1. The van der Waals surface area contributed by atoms with Crippen LogP contribution in [0.15, 0.2) is 23.2 Å². The highest BCUT2D eigenvalue weighted by atomic mass is 16.5. The fourth-order valence-corrected chi connectivity index (χ4v) is 3.08. The van der Waals surface area contributed by atoms with Gasteiger partial charge in [0.1, 0.15) is 12.4 Å². The largest absolute Gasteiger partial charge is 0.491 e. The number of aliphatic imine (C=N–C) groups is 1. The van der Waals surface area contributed by atoms with Crippen LogP contribution in [-0.2, 0) is 11.3 Å². The van der Waals surface area contributed by atoms with Crippen molar-refractivity contribution in [2.45, 2.75) is 26.3 Å². The molecule has 0 aromatic heterocycles. The summed E-state index contributed by atoms with van der Waals surface area (Å²) in [5.41, 5.74) is 2.31. The van der Waals surface area contributed by atoms with Crippen molar-refractivity contribution in [1.29, 1.82) is 0 Å². The molecule has 1 aliphatic rings. The molecule has 2 N–H and O–H groups in total. The Morgan fingerprint density at radius 3 is 2.69 bits per heavy atom. The van der Waals surface area contributed by atoms with Crippen molar-refractivity contribution < 1.29 is 9.47 Å². The second kappa shape index (κ2) is 11.0. The first-order chi connectivity index (χ1) is 12.6. The summed E-state index contributed by atoms with van der Waals surface area (Å²) in [4.78, 5) is 6.74. The average molecular weight is 363 g/mol. The topological polar surface area (TPSA) is 58.1 Å². The third-order valence-electron chi connectivity index (χ3n) is 4.83. The molecule has 2 rings (SSSR count). The molecule has 0 atom stereocenters. The molecule has 0 bridgehead atoms. The summed E-state index contributed by atoms with van der Waals surface area (Å²) in [5.74, 6) is 2.46. The monoisotopic (exact) mass is 362 g/mol. The maximum absolute atomic E-state index is 5.86. The van der Waals surface area contributed by atoms with Gasteiger partial charge in [-0.15, -0.1) is 0 Å². The molecule has 146 valence electrons. The Balaban J connectivity index is 1.83. The first-order valence-corrected chi connectivity index (χ1v) is 9.46. The first kappa shape index (κ1) is 20.5. The summed E-state index contributed by atoms with van der Waals surface area (Å²) >= 11 is 0. The van der Waals surface area contributed by atoms with Gasteiger partial charge in [0.25, 0.3) is 0 Å². The SMILES string of the molecule is CN=C(NCc1ccc(C)cc1OCCOC)NCC1CCN(C)CC1. The molecule has 1 saturated heterocycles. The van der Waals surface area contributed by atoms with Crippen LogP contribution in [0.3, 0.4) is 0 Å². The molecule has 1 aromatic rings. The van der Waals surface area contributed by atoms with Gasteiger partial charge in [-0.25, -0.2) is 0 Å². The van der Waals surface area contributed by atoms with E-state index in [1.54, 1.807) is 7.11 Å². The van der Waals surface area contributed by atoms with Crippen molar-refractivity contribution in [2.75, 3.05) is 54.1 Å².